The van der Waals surface area contributed by atoms with Crippen LogP contribution < -0.4 is 4.90 Å². The maximum Gasteiger partial charge on any atom is 0.265 e. The van der Waals surface area contributed by atoms with Gasteiger partial charge in [-0.05, 0) is 38.3 Å². The van der Waals surface area contributed by atoms with Crippen LogP contribution in [0.1, 0.15) is 31.9 Å². The summed E-state index contributed by atoms with van der Waals surface area (Å²) in [4.78, 5) is 14.0. The summed E-state index contributed by atoms with van der Waals surface area (Å²) in [7, 11) is 0. The molecule has 0 atom stereocenters. The van der Waals surface area contributed by atoms with Crippen LogP contribution in [0.4, 0.5) is 5.69 Å². The molecule has 0 unspecified atom stereocenters. The molecular formula is C15H21Cl2NO2. The fraction of sp³-hybridized carbons (Fsp3) is 0.533. The first-order chi connectivity index (χ1) is 9.32. The molecule has 0 spiro atoms. The maximum absolute atomic E-state index is 12.5. The number of carbonyl (C=O) groups is 1. The van der Waals surface area contributed by atoms with Crippen molar-refractivity contribution in [3.63, 3.8) is 0 Å². The third-order valence-electron chi connectivity index (χ3n) is 3.02. The van der Waals surface area contributed by atoms with Gasteiger partial charge in [0.25, 0.3) is 5.91 Å². The SMILES string of the molecule is CCOCN(C(=O)C(C)(Cl)Cl)c1c(C)cccc1CC. The number of rotatable bonds is 6. The lowest BCUT2D eigenvalue weighted by molar-refractivity contribution is -0.120. The Morgan fingerprint density at radius 1 is 1.35 bits per heavy atom. The van der Waals surface area contributed by atoms with Crippen molar-refractivity contribution in [3.8, 4) is 0 Å². The summed E-state index contributed by atoms with van der Waals surface area (Å²) in [6.45, 7) is 8.01. The number of ether oxygens (including phenoxy) is 1. The van der Waals surface area contributed by atoms with Gasteiger partial charge in [0, 0.05) is 6.61 Å². The highest BCUT2D eigenvalue weighted by molar-refractivity contribution is 6.58. The zero-order valence-electron chi connectivity index (χ0n) is 12.4. The first-order valence-corrected chi connectivity index (χ1v) is 7.44. The molecule has 1 rings (SSSR count). The number of anilines is 1. The normalized spacial score (nSPS) is 11.5. The van der Waals surface area contributed by atoms with E-state index in [9.17, 15) is 4.79 Å². The maximum atomic E-state index is 12.5. The van der Waals surface area contributed by atoms with E-state index in [1.807, 2.05) is 39.0 Å². The van der Waals surface area contributed by atoms with Crippen molar-refractivity contribution in [1.82, 2.24) is 0 Å². The van der Waals surface area contributed by atoms with E-state index in [1.54, 1.807) is 0 Å². The van der Waals surface area contributed by atoms with Crippen LogP contribution in [0.3, 0.4) is 0 Å². The summed E-state index contributed by atoms with van der Waals surface area (Å²) in [6, 6.07) is 5.93. The van der Waals surface area contributed by atoms with Crippen molar-refractivity contribution >= 4 is 34.8 Å². The molecule has 1 aromatic carbocycles. The molecule has 0 aliphatic carbocycles. The second-order valence-electron chi connectivity index (χ2n) is 4.68. The van der Waals surface area contributed by atoms with Crippen LogP contribution in [0.15, 0.2) is 18.2 Å². The van der Waals surface area contributed by atoms with Crippen LogP contribution in [-0.2, 0) is 16.0 Å². The van der Waals surface area contributed by atoms with Crippen LogP contribution in [0.2, 0.25) is 0 Å². The number of benzene rings is 1. The molecule has 0 bridgehead atoms. The molecule has 1 aromatic rings. The number of aryl methyl sites for hydroxylation is 2. The van der Waals surface area contributed by atoms with Crippen molar-refractivity contribution < 1.29 is 9.53 Å². The van der Waals surface area contributed by atoms with Gasteiger partial charge < -0.3 is 4.74 Å². The molecule has 0 radical (unpaired) electrons. The minimum Gasteiger partial charge on any atom is -0.361 e. The van der Waals surface area contributed by atoms with E-state index in [0.29, 0.717) is 6.61 Å². The first kappa shape index (κ1) is 17.3. The number of alkyl halides is 2. The van der Waals surface area contributed by atoms with Crippen molar-refractivity contribution in [2.45, 2.75) is 38.4 Å². The van der Waals surface area contributed by atoms with Gasteiger partial charge in [0.05, 0.1) is 5.69 Å². The van der Waals surface area contributed by atoms with Crippen LogP contribution in [0, 0.1) is 6.92 Å². The molecule has 0 fully saturated rings. The van der Waals surface area contributed by atoms with Gasteiger partial charge in [-0.15, -0.1) is 0 Å². The number of carbonyl (C=O) groups excluding carboxylic acids is 1. The Hall–Kier alpha value is -0.770. The lowest BCUT2D eigenvalue weighted by atomic mass is 10.0. The lowest BCUT2D eigenvalue weighted by Crippen LogP contribution is -2.43. The van der Waals surface area contributed by atoms with Gasteiger partial charge in [0.2, 0.25) is 0 Å². The van der Waals surface area contributed by atoms with Crippen molar-refractivity contribution in [2.24, 2.45) is 0 Å². The summed E-state index contributed by atoms with van der Waals surface area (Å²) in [5.41, 5.74) is 2.89. The van der Waals surface area contributed by atoms with E-state index in [4.69, 9.17) is 27.9 Å². The minimum absolute atomic E-state index is 0.141. The Kier molecular flexibility index (Phi) is 6.31. The summed E-state index contributed by atoms with van der Waals surface area (Å²) in [5, 5.41) is 0. The second kappa shape index (κ2) is 7.30. The Balaban J connectivity index is 3.27. The first-order valence-electron chi connectivity index (χ1n) is 6.68. The summed E-state index contributed by atoms with van der Waals surface area (Å²) in [5.74, 6) is -0.377. The third-order valence-corrected chi connectivity index (χ3v) is 3.34. The van der Waals surface area contributed by atoms with Crippen molar-refractivity contribution in [1.29, 1.82) is 0 Å². The standard InChI is InChI=1S/C15H21Cl2NO2/c1-5-12-9-7-8-11(3)13(12)18(10-20-6-2)14(19)15(4,16)17/h7-9H,5-6,10H2,1-4H3. The molecule has 0 heterocycles. The summed E-state index contributed by atoms with van der Waals surface area (Å²) < 4.78 is 3.93. The van der Waals surface area contributed by atoms with E-state index in [-0.39, 0.29) is 12.6 Å². The number of nitrogens with zero attached hydrogens (tertiary/aromatic N) is 1. The monoisotopic (exact) mass is 317 g/mol. The second-order valence-corrected chi connectivity index (χ2v) is 6.38. The van der Waals surface area contributed by atoms with Crippen LogP contribution in [-0.4, -0.2) is 23.6 Å². The van der Waals surface area contributed by atoms with Crippen LogP contribution in [0.25, 0.3) is 0 Å². The minimum atomic E-state index is -1.48. The highest BCUT2D eigenvalue weighted by Crippen LogP contribution is 2.31. The molecule has 0 saturated heterocycles. The molecule has 0 saturated carbocycles. The number of para-hydroxylation sites is 1. The van der Waals surface area contributed by atoms with Gasteiger partial charge in [-0.1, -0.05) is 48.3 Å². The van der Waals surface area contributed by atoms with E-state index in [0.717, 1.165) is 23.2 Å². The zero-order valence-corrected chi connectivity index (χ0v) is 13.9. The Labute approximate surface area is 130 Å². The molecule has 3 nitrogen and oxygen atoms in total. The molecule has 20 heavy (non-hydrogen) atoms. The molecule has 0 aliphatic rings. The average molecular weight is 318 g/mol. The van der Waals surface area contributed by atoms with Gasteiger partial charge in [-0.2, -0.15) is 0 Å². The van der Waals surface area contributed by atoms with E-state index < -0.39 is 4.33 Å². The summed E-state index contributed by atoms with van der Waals surface area (Å²) in [6.07, 6.45) is 0.814. The fourth-order valence-corrected chi connectivity index (χ4v) is 2.24. The van der Waals surface area contributed by atoms with E-state index in [2.05, 4.69) is 0 Å². The number of hydrogen-bond acceptors (Lipinski definition) is 2. The topological polar surface area (TPSA) is 29.5 Å². The number of hydrogen-bond donors (Lipinski definition) is 0. The largest absolute Gasteiger partial charge is 0.361 e. The molecule has 5 heteroatoms. The quantitative estimate of drug-likeness (QED) is 0.584. The van der Waals surface area contributed by atoms with Crippen LogP contribution in [0.5, 0.6) is 0 Å². The Bertz CT molecular complexity index is 469. The highest BCUT2D eigenvalue weighted by atomic mass is 35.5. The summed E-state index contributed by atoms with van der Waals surface area (Å²) >= 11 is 11.9. The smallest absolute Gasteiger partial charge is 0.265 e. The van der Waals surface area contributed by atoms with Crippen LogP contribution >= 0.6 is 23.2 Å². The Morgan fingerprint density at radius 2 is 2.00 bits per heavy atom. The predicted molar refractivity (Wildman–Crippen MR) is 84.6 cm³/mol. The molecule has 1 amide bonds. The van der Waals surface area contributed by atoms with Gasteiger partial charge in [-0.3, -0.25) is 9.69 Å². The fourth-order valence-electron chi connectivity index (χ4n) is 2.04. The average Bonchev–Trinajstić information content (AvgIpc) is 2.39. The van der Waals surface area contributed by atoms with Gasteiger partial charge in [0.1, 0.15) is 6.73 Å². The number of amides is 1. The molecule has 0 aliphatic heterocycles. The Morgan fingerprint density at radius 3 is 2.50 bits per heavy atom. The number of halogens is 2. The van der Waals surface area contributed by atoms with Gasteiger partial charge in [0.15, 0.2) is 4.33 Å². The molecule has 112 valence electrons. The molecular weight excluding hydrogens is 297 g/mol. The van der Waals surface area contributed by atoms with E-state index >= 15 is 0 Å². The predicted octanol–water partition coefficient (Wildman–Crippen LogP) is 4.08. The lowest BCUT2D eigenvalue weighted by Gasteiger charge is -2.29. The van der Waals surface area contributed by atoms with Crippen molar-refractivity contribution in [3.05, 3.63) is 29.3 Å². The molecule has 0 N–H and O–H groups in total. The third kappa shape index (κ3) is 4.11. The zero-order chi connectivity index (χ0) is 15.3. The van der Waals surface area contributed by atoms with Gasteiger partial charge in [-0.25, -0.2) is 0 Å². The van der Waals surface area contributed by atoms with Gasteiger partial charge >= 0.3 is 0 Å². The van der Waals surface area contributed by atoms with Crippen molar-refractivity contribution in [2.75, 3.05) is 18.2 Å². The van der Waals surface area contributed by atoms with E-state index in [1.165, 1.54) is 11.8 Å². The highest BCUT2D eigenvalue weighted by Gasteiger charge is 2.34. The molecule has 0 aromatic heterocycles.